The van der Waals surface area contributed by atoms with Crippen molar-refractivity contribution in [2.24, 2.45) is 5.92 Å². The number of fused-ring (bicyclic) bond motifs is 1. The van der Waals surface area contributed by atoms with Crippen LogP contribution in [0.15, 0.2) is 24.3 Å². The van der Waals surface area contributed by atoms with Gasteiger partial charge < -0.3 is 4.79 Å². The van der Waals surface area contributed by atoms with E-state index in [1.165, 1.54) is 11.1 Å². The van der Waals surface area contributed by atoms with Crippen LogP contribution < -0.4 is 0 Å². The Hall–Kier alpha value is -0.630. The van der Waals surface area contributed by atoms with Gasteiger partial charge in [-0.05, 0) is 17.5 Å². The normalized spacial score (nSPS) is 26.8. The first-order chi connectivity index (χ1) is 5.83. The first-order valence-electron chi connectivity index (χ1n) is 4.00. The molecule has 0 saturated heterocycles. The summed E-state index contributed by atoms with van der Waals surface area (Å²) in [5, 5.41) is 0. The summed E-state index contributed by atoms with van der Waals surface area (Å²) in [6.45, 7) is 0. The molecule has 0 bridgehead atoms. The summed E-state index contributed by atoms with van der Waals surface area (Å²) in [5.41, 5.74) is 2.58. The zero-order valence-electron chi connectivity index (χ0n) is 6.53. The molecule has 0 fully saturated rings. The zero-order chi connectivity index (χ0) is 8.55. The predicted molar refractivity (Wildman–Crippen MR) is 51.4 cm³/mol. The van der Waals surface area contributed by atoms with Crippen molar-refractivity contribution in [3.8, 4) is 0 Å². The van der Waals surface area contributed by atoms with Gasteiger partial charge in [0.25, 0.3) is 0 Å². The number of hydrogen-bond donors (Lipinski definition) is 0. The monoisotopic (exact) mass is 224 g/mol. The summed E-state index contributed by atoms with van der Waals surface area (Å²) in [6.07, 6.45) is 1.93. The minimum atomic E-state index is 0.127. The highest BCUT2D eigenvalue weighted by atomic mass is 79.9. The van der Waals surface area contributed by atoms with Gasteiger partial charge in [-0.25, -0.2) is 0 Å². The average molecular weight is 225 g/mol. The van der Waals surface area contributed by atoms with Crippen LogP contribution in [-0.2, 0) is 11.2 Å². The molecule has 62 valence electrons. The van der Waals surface area contributed by atoms with Gasteiger partial charge in [-0.3, -0.25) is 0 Å². The zero-order valence-corrected chi connectivity index (χ0v) is 8.12. The third kappa shape index (κ3) is 1.11. The molecule has 0 aromatic heterocycles. The van der Waals surface area contributed by atoms with Crippen molar-refractivity contribution in [3.05, 3.63) is 35.4 Å². The minimum absolute atomic E-state index is 0.127. The summed E-state index contributed by atoms with van der Waals surface area (Å²) in [4.78, 5) is 10.9. The van der Waals surface area contributed by atoms with Crippen LogP contribution in [0.4, 0.5) is 0 Å². The van der Waals surface area contributed by atoms with Crippen molar-refractivity contribution in [3.63, 3.8) is 0 Å². The van der Waals surface area contributed by atoms with Gasteiger partial charge >= 0.3 is 0 Å². The summed E-state index contributed by atoms with van der Waals surface area (Å²) in [6, 6.07) is 8.21. The standard InChI is InChI=1S/C10H9BrO/c11-10-8(6-12)5-7-3-1-2-4-9(7)10/h1-4,6,8,10H,5H2. The molecule has 12 heavy (non-hydrogen) atoms. The number of aldehydes is 1. The molecule has 0 N–H and O–H groups in total. The van der Waals surface area contributed by atoms with Crippen molar-refractivity contribution in [2.75, 3.05) is 0 Å². The molecule has 2 atom stereocenters. The fourth-order valence-electron chi connectivity index (χ4n) is 1.69. The second-order valence-electron chi connectivity index (χ2n) is 3.10. The smallest absolute Gasteiger partial charge is 0.124 e. The first kappa shape index (κ1) is 7.99. The van der Waals surface area contributed by atoms with E-state index < -0.39 is 0 Å². The quantitative estimate of drug-likeness (QED) is 0.530. The summed E-state index contributed by atoms with van der Waals surface area (Å²) < 4.78 is 0. The van der Waals surface area contributed by atoms with E-state index in [1.54, 1.807) is 0 Å². The van der Waals surface area contributed by atoms with E-state index in [2.05, 4.69) is 28.1 Å². The molecular weight excluding hydrogens is 216 g/mol. The molecule has 1 aromatic carbocycles. The number of halogens is 1. The molecule has 1 aliphatic carbocycles. The van der Waals surface area contributed by atoms with Crippen molar-refractivity contribution in [1.82, 2.24) is 0 Å². The lowest BCUT2D eigenvalue weighted by Gasteiger charge is -2.05. The fraction of sp³-hybridized carbons (Fsp3) is 0.300. The second-order valence-corrected chi connectivity index (χ2v) is 4.09. The van der Waals surface area contributed by atoms with E-state index in [1.807, 2.05) is 12.1 Å². The Morgan fingerprint density at radius 3 is 2.83 bits per heavy atom. The fourth-order valence-corrected chi connectivity index (χ4v) is 2.45. The molecule has 0 spiro atoms. The van der Waals surface area contributed by atoms with Gasteiger partial charge in [0.05, 0.1) is 0 Å². The molecule has 2 rings (SSSR count). The number of hydrogen-bond acceptors (Lipinski definition) is 1. The molecule has 1 aliphatic rings. The Kier molecular flexibility index (Phi) is 2.01. The summed E-state index contributed by atoms with van der Waals surface area (Å²) in [7, 11) is 0. The van der Waals surface area contributed by atoms with Gasteiger partial charge in [-0.15, -0.1) is 0 Å². The van der Waals surface area contributed by atoms with E-state index in [9.17, 15) is 4.79 Å². The molecule has 0 heterocycles. The topological polar surface area (TPSA) is 17.1 Å². The molecule has 0 saturated carbocycles. The van der Waals surface area contributed by atoms with Gasteiger partial charge in [-0.2, -0.15) is 0 Å². The average Bonchev–Trinajstić information content (AvgIpc) is 2.44. The number of carbonyl (C=O) groups is 1. The number of rotatable bonds is 1. The Morgan fingerprint density at radius 1 is 1.42 bits per heavy atom. The predicted octanol–water partition coefficient (Wildman–Crippen LogP) is 2.49. The third-order valence-corrected chi connectivity index (χ3v) is 3.53. The van der Waals surface area contributed by atoms with E-state index in [0.717, 1.165) is 12.7 Å². The highest BCUT2D eigenvalue weighted by Crippen LogP contribution is 2.40. The highest BCUT2D eigenvalue weighted by Gasteiger charge is 2.29. The molecule has 0 radical (unpaired) electrons. The van der Waals surface area contributed by atoms with Crippen LogP contribution in [0, 0.1) is 5.92 Å². The lowest BCUT2D eigenvalue weighted by Crippen LogP contribution is -2.02. The van der Waals surface area contributed by atoms with Gasteiger partial charge in [-0.1, -0.05) is 40.2 Å². The van der Waals surface area contributed by atoms with Gasteiger partial charge in [0.15, 0.2) is 0 Å². The van der Waals surface area contributed by atoms with Gasteiger partial charge in [0.2, 0.25) is 0 Å². The summed E-state index contributed by atoms with van der Waals surface area (Å²) in [5.74, 6) is 0.127. The van der Waals surface area contributed by atoms with Gasteiger partial charge in [0.1, 0.15) is 6.29 Å². The van der Waals surface area contributed by atoms with Crippen molar-refractivity contribution in [1.29, 1.82) is 0 Å². The van der Waals surface area contributed by atoms with Crippen LogP contribution in [0.5, 0.6) is 0 Å². The van der Waals surface area contributed by atoms with Crippen molar-refractivity contribution in [2.45, 2.75) is 11.2 Å². The van der Waals surface area contributed by atoms with Gasteiger partial charge in [0, 0.05) is 10.7 Å². The van der Waals surface area contributed by atoms with Crippen molar-refractivity contribution >= 4 is 22.2 Å². The van der Waals surface area contributed by atoms with Crippen LogP contribution in [0.2, 0.25) is 0 Å². The van der Waals surface area contributed by atoms with E-state index in [0.29, 0.717) is 0 Å². The summed E-state index contributed by atoms with van der Waals surface area (Å²) >= 11 is 3.53. The van der Waals surface area contributed by atoms with Crippen LogP contribution in [0.3, 0.4) is 0 Å². The molecule has 2 heteroatoms. The highest BCUT2D eigenvalue weighted by molar-refractivity contribution is 9.09. The Labute approximate surface area is 79.9 Å². The molecule has 2 unspecified atom stereocenters. The van der Waals surface area contributed by atoms with E-state index in [-0.39, 0.29) is 10.7 Å². The maximum atomic E-state index is 10.7. The SMILES string of the molecule is O=CC1Cc2ccccc2C1Br. The second kappa shape index (κ2) is 3.02. The van der Waals surface area contributed by atoms with Crippen LogP contribution >= 0.6 is 15.9 Å². The largest absolute Gasteiger partial charge is 0.303 e. The van der Waals surface area contributed by atoms with Crippen molar-refractivity contribution < 1.29 is 4.79 Å². The molecular formula is C10H9BrO. The Morgan fingerprint density at radius 2 is 2.17 bits per heavy atom. The molecule has 1 nitrogen and oxygen atoms in total. The Balaban J connectivity index is 2.41. The van der Waals surface area contributed by atoms with Crippen LogP contribution in [0.1, 0.15) is 16.0 Å². The van der Waals surface area contributed by atoms with Crippen LogP contribution in [-0.4, -0.2) is 6.29 Å². The molecule has 0 amide bonds. The minimum Gasteiger partial charge on any atom is -0.303 e. The van der Waals surface area contributed by atoms with E-state index >= 15 is 0 Å². The first-order valence-corrected chi connectivity index (χ1v) is 4.91. The van der Waals surface area contributed by atoms with Crippen LogP contribution in [0.25, 0.3) is 0 Å². The van der Waals surface area contributed by atoms with E-state index in [4.69, 9.17) is 0 Å². The molecule has 1 aromatic rings. The lowest BCUT2D eigenvalue weighted by atomic mass is 10.1. The molecule has 0 aliphatic heterocycles. The Bertz CT molecular complexity index is 308. The maximum absolute atomic E-state index is 10.7. The lowest BCUT2D eigenvalue weighted by molar-refractivity contribution is -0.110. The number of benzene rings is 1. The maximum Gasteiger partial charge on any atom is 0.124 e. The third-order valence-electron chi connectivity index (χ3n) is 2.36. The number of carbonyl (C=O) groups excluding carboxylic acids is 1. The number of alkyl halides is 1.